The number of rotatable bonds is 0. The summed E-state index contributed by atoms with van der Waals surface area (Å²) in [6.07, 6.45) is 0. The molecule has 0 saturated carbocycles. The number of hydrogen-bond acceptors (Lipinski definition) is 1. The molecule has 38 valence electrons. The Morgan fingerprint density at radius 1 is 0.857 bits per heavy atom. The zero-order valence-electron chi connectivity index (χ0n) is 3.19. The van der Waals surface area contributed by atoms with Gasteiger partial charge in [-0.25, -0.2) is 0 Å². The normalized spacial score (nSPS) is 0.714. The van der Waals surface area contributed by atoms with Crippen molar-refractivity contribution < 1.29 is 57.9 Å². The molecule has 0 radical (unpaired) electrons. The Hall–Kier alpha value is 2.17. The molecule has 4 nitrogen and oxygen atoms in total. The average Bonchev–Trinajstić information content (AvgIpc) is 1.00. The van der Waals surface area contributed by atoms with Gasteiger partial charge in [-0.05, 0) is 0 Å². The maximum atomic E-state index is 8.00. The van der Waals surface area contributed by atoms with Crippen LogP contribution in [0.3, 0.4) is 0 Å². The largest absolute Gasteiger partial charge is 4.00 e. The second kappa shape index (κ2) is 89.0. The molecule has 0 fully saturated rings. The van der Waals surface area contributed by atoms with E-state index in [1.54, 1.807) is 0 Å². The van der Waals surface area contributed by atoms with Gasteiger partial charge in [0.1, 0.15) is 0 Å². The van der Waals surface area contributed by atoms with E-state index in [1.165, 1.54) is 0 Å². The third kappa shape index (κ3) is 65.9. The molecule has 0 bridgehead atoms. The topological polar surface area (TPSA) is 103 Å². The Morgan fingerprint density at radius 3 is 0.857 bits per heavy atom. The molecule has 0 aliphatic rings. The Bertz CT molecular complexity index is 11.7. The van der Waals surface area contributed by atoms with E-state index in [9.17, 15) is 0 Å². The minimum Gasteiger partial charge on any atom is 4.00 e. The van der Waals surface area contributed by atoms with Crippen molar-refractivity contribution in [3.8, 4) is 0 Å². The molecule has 0 atom stereocenters. The van der Waals surface area contributed by atoms with Gasteiger partial charge in [-0.15, -0.1) is 0 Å². The molecule has 0 unspecified atom stereocenters. The second-order valence-corrected chi connectivity index (χ2v) is 0. The SMILES string of the molecule is [Ca+2].[O-2].[O-2].[O-2].[O]=[Fe].[Ti+4]. The van der Waals surface area contributed by atoms with Crippen molar-refractivity contribution in [2.75, 3.05) is 0 Å². The van der Waals surface area contributed by atoms with E-state index in [1.807, 2.05) is 15.9 Å². The molecule has 0 aromatic carbocycles. The molecule has 0 aliphatic heterocycles. The summed E-state index contributed by atoms with van der Waals surface area (Å²) in [6.45, 7) is 0. The van der Waals surface area contributed by atoms with Crippen LogP contribution in [0.4, 0.5) is 0 Å². The molecule has 0 aliphatic carbocycles. The molecule has 0 heterocycles. The van der Waals surface area contributed by atoms with Gasteiger partial charge < -0.3 is 16.4 Å². The first kappa shape index (κ1) is 60.9. The molecule has 7 heteroatoms. The van der Waals surface area contributed by atoms with Crippen LogP contribution in [0.2, 0.25) is 0 Å². The quantitative estimate of drug-likeness (QED) is 0.474. The Morgan fingerprint density at radius 2 is 0.857 bits per heavy atom. The van der Waals surface area contributed by atoms with Crippen LogP contribution in [-0.4, -0.2) is 37.7 Å². The van der Waals surface area contributed by atoms with Crippen LogP contribution in [0.15, 0.2) is 0 Å². The summed E-state index contributed by atoms with van der Waals surface area (Å²) in [5.41, 5.74) is 0. The minimum atomic E-state index is 0. The molecule has 0 amide bonds. The smallest absolute Gasteiger partial charge is 4.00 e. The van der Waals surface area contributed by atoms with Gasteiger partial charge in [-0.2, -0.15) is 0 Å². The third-order valence-electron chi connectivity index (χ3n) is 0. The molecule has 0 aromatic rings. The molecule has 0 aromatic heterocycles. The molecule has 7 heavy (non-hydrogen) atoms. The maximum Gasteiger partial charge on any atom is 4.00 e. The van der Waals surface area contributed by atoms with Gasteiger partial charge in [0.2, 0.25) is 0 Å². The minimum absolute atomic E-state index is 0. The molecular weight excluding hydrogens is 208 g/mol. The van der Waals surface area contributed by atoms with Crippen LogP contribution in [0.25, 0.3) is 0 Å². The van der Waals surface area contributed by atoms with Crippen molar-refractivity contribution in [1.82, 2.24) is 0 Å². The maximum absolute atomic E-state index is 8.00. The molecular formula is CaFeO4Ti. The van der Waals surface area contributed by atoms with Crippen LogP contribution in [0.1, 0.15) is 0 Å². The Kier molecular flexibility index (Phi) is 774. The second-order valence-electron chi connectivity index (χ2n) is 0. The summed E-state index contributed by atoms with van der Waals surface area (Å²) in [4.78, 5) is 0. The van der Waals surface area contributed by atoms with Gasteiger partial charge in [-0.1, -0.05) is 0 Å². The fourth-order valence-corrected chi connectivity index (χ4v) is 0. The van der Waals surface area contributed by atoms with Gasteiger partial charge in [-0.3, -0.25) is 0 Å². The fraction of sp³-hybridized carbons (Fsp3) is 0. The fourth-order valence-electron chi connectivity index (χ4n) is 0. The van der Waals surface area contributed by atoms with E-state index in [0.717, 1.165) is 0 Å². The van der Waals surface area contributed by atoms with Gasteiger partial charge >= 0.3 is 79.2 Å². The first-order valence-corrected chi connectivity index (χ1v) is 0.595. The Labute approximate surface area is 94.2 Å². The van der Waals surface area contributed by atoms with E-state index in [2.05, 4.69) is 0 Å². The predicted molar refractivity (Wildman–Crippen MR) is 8.50 cm³/mol. The molecule has 0 spiro atoms. The predicted octanol–water partition coefficient (Wildman–Crippen LogP) is -0.861. The molecule has 0 saturated heterocycles. The summed E-state index contributed by atoms with van der Waals surface area (Å²) in [5, 5.41) is 0. The molecule has 0 N–H and O–H groups in total. The van der Waals surface area contributed by atoms with E-state index < -0.39 is 0 Å². The van der Waals surface area contributed by atoms with Gasteiger partial charge in [0.25, 0.3) is 0 Å². The van der Waals surface area contributed by atoms with Crippen LogP contribution in [0.5, 0.6) is 0 Å². The van der Waals surface area contributed by atoms with E-state index >= 15 is 0 Å². The van der Waals surface area contributed by atoms with Crippen molar-refractivity contribution in [2.45, 2.75) is 0 Å². The first-order chi connectivity index (χ1) is 1.00. The zero-order valence-corrected chi connectivity index (χ0v) is 8.07. The standard InChI is InChI=1S/Ca.Fe.4O.Ti/q+2;;;3*-2;+4. The van der Waals surface area contributed by atoms with Gasteiger partial charge in [0.15, 0.2) is 0 Å². The van der Waals surface area contributed by atoms with Crippen LogP contribution in [-0.2, 0) is 57.9 Å². The summed E-state index contributed by atoms with van der Waals surface area (Å²) < 4.78 is 8.00. The average molecular weight is 208 g/mol. The van der Waals surface area contributed by atoms with Crippen molar-refractivity contribution in [1.29, 1.82) is 0 Å². The third-order valence-corrected chi connectivity index (χ3v) is 0. The van der Waals surface area contributed by atoms with E-state index in [4.69, 9.17) is 3.83 Å². The van der Waals surface area contributed by atoms with Crippen molar-refractivity contribution >= 4 is 37.7 Å². The molecule has 0 rings (SSSR count). The van der Waals surface area contributed by atoms with E-state index in [-0.39, 0.29) is 75.9 Å². The monoisotopic (exact) mass is 208 g/mol. The van der Waals surface area contributed by atoms with Gasteiger partial charge in [0.05, 0.1) is 0 Å². The number of hydrogen-bond donors (Lipinski definition) is 0. The summed E-state index contributed by atoms with van der Waals surface area (Å²) in [7, 11) is 0. The van der Waals surface area contributed by atoms with Crippen molar-refractivity contribution in [2.24, 2.45) is 0 Å². The van der Waals surface area contributed by atoms with Crippen LogP contribution >= 0.6 is 0 Å². The van der Waals surface area contributed by atoms with Crippen LogP contribution < -0.4 is 0 Å². The summed E-state index contributed by atoms with van der Waals surface area (Å²) >= 11 is 2.00. The zero-order chi connectivity index (χ0) is 2.00. The van der Waals surface area contributed by atoms with E-state index in [0.29, 0.717) is 0 Å². The van der Waals surface area contributed by atoms with Crippen LogP contribution in [0, 0.1) is 0 Å². The summed E-state index contributed by atoms with van der Waals surface area (Å²) in [6, 6.07) is 0. The first-order valence-electron chi connectivity index (χ1n) is 0.144. The Balaban J connectivity index is -0.000000000500. The summed E-state index contributed by atoms with van der Waals surface area (Å²) in [5.74, 6) is 0. The van der Waals surface area contributed by atoms with Crippen molar-refractivity contribution in [3.63, 3.8) is 0 Å². The van der Waals surface area contributed by atoms with Gasteiger partial charge in [0, 0.05) is 0 Å². The van der Waals surface area contributed by atoms with Crippen molar-refractivity contribution in [3.05, 3.63) is 0 Å².